The maximum atomic E-state index is 10.9. The minimum absolute atomic E-state index is 0.0475. The minimum Gasteiger partial charge on any atom is -0.507 e. The Morgan fingerprint density at radius 3 is 1.65 bits per heavy atom. The van der Waals surface area contributed by atoms with Crippen LogP contribution in [0.1, 0.15) is 51.3 Å². The first-order valence-electron chi connectivity index (χ1n) is 8.95. The van der Waals surface area contributed by atoms with Crippen LogP contribution in [0.15, 0.2) is 49.6 Å². The van der Waals surface area contributed by atoms with E-state index in [1.54, 1.807) is 25.0 Å². The number of rotatable bonds is 5. The number of hydrogen-bond acceptors (Lipinski definition) is 3. The van der Waals surface area contributed by atoms with Gasteiger partial charge in [0, 0.05) is 35.9 Å². The van der Waals surface area contributed by atoms with Crippen LogP contribution in [0.25, 0.3) is 0 Å². The van der Waals surface area contributed by atoms with Crippen LogP contribution in [0.3, 0.4) is 0 Å². The highest BCUT2D eigenvalue weighted by Crippen LogP contribution is 2.43. The van der Waals surface area contributed by atoms with Crippen molar-refractivity contribution in [3.63, 3.8) is 0 Å². The fourth-order valence-electron chi connectivity index (χ4n) is 2.95. The van der Waals surface area contributed by atoms with Gasteiger partial charge in [0.15, 0.2) is 0 Å². The van der Waals surface area contributed by atoms with Crippen LogP contribution in [0.4, 0.5) is 0 Å². The molecule has 138 valence electrons. The first kappa shape index (κ1) is 18.2. The van der Waals surface area contributed by atoms with Crippen molar-refractivity contribution in [1.82, 2.24) is 19.1 Å². The summed E-state index contributed by atoms with van der Waals surface area (Å²) < 4.78 is 3.95. The van der Waals surface area contributed by atoms with Crippen molar-refractivity contribution >= 4 is 0 Å². The van der Waals surface area contributed by atoms with Crippen molar-refractivity contribution in [2.45, 2.75) is 53.1 Å². The van der Waals surface area contributed by atoms with E-state index in [1.807, 2.05) is 21.5 Å². The van der Waals surface area contributed by atoms with Gasteiger partial charge < -0.3 is 14.2 Å². The van der Waals surface area contributed by atoms with Crippen molar-refractivity contribution < 1.29 is 5.11 Å². The molecule has 26 heavy (non-hydrogen) atoms. The van der Waals surface area contributed by atoms with Crippen LogP contribution in [0.2, 0.25) is 0 Å². The van der Waals surface area contributed by atoms with E-state index in [1.165, 1.54) is 5.56 Å². The number of benzene rings is 1. The summed E-state index contributed by atoms with van der Waals surface area (Å²) in [5, 5.41) is 10.9. The lowest BCUT2D eigenvalue weighted by atomic mass is 9.65. The fraction of sp³-hybridized carbons (Fsp3) is 0.429. The average Bonchev–Trinajstić information content (AvgIpc) is 3.23. The highest BCUT2D eigenvalue weighted by molar-refractivity contribution is 5.46. The largest absolute Gasteiger partial charge is 0.507 e. The van der Waals surface area contributed by atoms with Gasteiger partial charge >= 0.3 is 0 Å². The van der Waals surface area contributed by atoms with Gasteiger partial charge in [-0.05, 0) is 28.5 Å². The highest BCUT2D eigenvalue weighted by Gasteiger charge is 2.35. The Hall–Kier alpha value is -2.56. The molecule has 0 saturated carbocycles. The van der Waals surface area contributed by atoms with Gasteiger partial charge in [-0.3, -0.25) is 0 Å². The third kappa shape index (κ3) is 3.52. The normalized spacial score (nSPS) is 12.5. The summed E-state index contributed by atoms with van der Waals surface area (Å²) in [6.45, 7) is 12.5. The zero-order valence-corrected chi connectivity index (χ0v) is 16.3. The molecular weight excluding hydrogens is 324 g/mol. The molecule has 3 aromatic rings. The van der Waals surface area contributed by atoms with Gasteiger partial charge in [0.25, 0.3) is 0 Å². The first-order valence-corrected chi connectivity index (χ1v) is 8.95. The van der Waals surface area contributed by atoms with Gasteiger partial charge in [-0.15, -0.1) is 0 Å². The SMILES string of the molecule is CC(C)(C)C(C)(C)c1cc(Cn2ccnc2)c(O)c(Cn2ccnc2)c1. The topological polar surface area (TPSA) is 55.9 Å². The van der Waals surface area contributed by atoms with E-state index in [0.717, 1.165) is 11.1 Å². The van der Waals surface area contributed by atoms with Crippen molar-refractivity contribution in [3.05, 3.63) is 66.3 Å². The maximum Gasteiger partial charge on any atom is 0.125 e. The molecule has 0 spiro atoms. The summed E-state index contributed by atoms with van der Waals surface area (Å²) in [5.74, 6) is 0.348. The smallest absolute Gasteiger partial charge is 0.125 e. The van der Waals surface area contributed by atoms with Gasteiger partial charge in [-0.25, -0.2) is 9.97 Å². The number of imidazole rings is 2. The molecule has 0 radical (unpaired) electrons. The minimum atomic E-state index is -0.0475. The number of phenolic OH excluding ortho intramolecular Hbond substituents is 1. The number of hydrogen-bond donors (Lipinski definition) is 1. The average molecular weight is 352 g/mol. The number of aromatic nitrogens is 4. The second-order valence-corrected chi connectivity index (χ2v) is 8.49. The Bertz CT molecular complexity index is 799. The molecule has 2 aromatic heterocycles. The summed E-state index contributed by atoms with van der Waals surface area (Å²) in [6, 6.07) is 4.27. The number of nitrogens with zero attached hydrogens (tertiary/aromatic N) is 4. The van der Waals surface area contributed by atoms with E-state index < -0.39 is 0 Å². The van der Waals surface area contributed by atoms with E-state index in [0.29, 0.717) is 18.8 Å². The molecule has 0 aliphatic heterocycles. The summed E-state index contributed by atoms with van der Waals surface area (Å²) in [6.07, 6.45) is 10.9. The number of aromatic hydroxyl groups is 1. The Kier molecular flexibility index (Phi) is 4.65. The summed E-state index contributed by atoms with van der Waals surface area (Å²) in [4.78, 5) is 8.22. The van der Waals surface area contributed by atoms with E-state index in [2.05, 4.69) is 56.7 Å². The summed E-state index contributed by atoms with van der Waals surface area (Å²) >= 11 is 0. The molecule has 0 aliphatic carbocycles. The lowest BCUT2D eigenvalue weighted by molar-refractivity contribution is 0.225. The molecule has 1 N–H and O–H groups in total. The quantitative estimate of drug-likeness (QED) is 0.748. The molecule has 1 aromatic carbocycles. The maximum absolute atomic E-state index is 10.9. The van der Waals surface area contributed by atoms with E-state index in [-0.39, 0.29) is 10.8 Å². The third-order valence-corrected chi connectivity index (χ3v) is 5.69. The molecule has 0 aliphatic rings. The summed E-state index contributed by atoms with van der Waals surface area (Å²) in [7, 11) is 0. The molecule has 0 bridgehead atoms. The lowest BCUT2D eigenvalue weighted by Gasteiger charge is -2.40. The van der Waals surface area contributed by atoms with Crippen molar-refractivity contribution in [1.29, 1.82) is 0 Å². The Morgan fingerprint density at radius 1 is 0.846 bits per heavy atom. The van der Waals surface area contributed by atoms with Gasteiger partial charge in [0.2, 0.25) is 0 Å². The van der Waals surface area contributed by atoms with E-state index in [4.69, 9.17) is 0 Å². The predicted octanol–water partition coefficient (Wildman–Crippen LogP) is 4.21. The molecule has 0 atom stereocenters. The Labute approximate surface area is 155 Å². The van der Waals surface area contributed by atoms with Crippen molar-refractivity contribution in [2.24, 2.45) is 5.41 Å². The lowest BCUT2D eigenvalue weighted by Crippen LogP contribution is -2.34. The van der Waals surface area contributed by atoms with Gasteiger partial charge in [-0.2, -0.15) is 0 Å². The Balaban J connectivity index is 2.09. The molecule has 3 rings (SSSR count). The van der Waals surface area contributed by atoms with Gasteiger partial charge in [-0.1, -0.05) is 34.6 Å². The van der Waals surface area contributed by atoms with Gasteiger partial charge in [0.1, 0.15) is 5.75 Å². The van der Waals surface area contributed by atoms with Crippen molar-refractivity contribution in [3.8, 4) is 5.75 Å². The van der Waals surface area contributed by atoms with Crippen LogP contribution in [0.5, 0.6) is 5.75 Å². The molecule has 2 heterocycles. The fourth-order valence-corrected chi connectivity index (χ4v) is 2.95. The molecule has 0 unspecified atom stereocenters. The summed E-state index contributed by atoms with van der Waals surface area (Å²) in [5.41, 5.74) is 3.09. The monoisotopic (exact) mass is 352 g/mol. The zero-order chi connectivity index (χ0) is 18.9. The molecule has 0 fully saturated rings. The molecule has 5 heteroatoms. The van der Waals surface area contributed by atoms with E-state index >= 15 is 0 Å². The van der Waals surface area contributed by atoms with Crippen LogP contribution >= 0.6 is 0 Å². The second-order valence-electron chi connectivity index (χ2n) is 8.49. The second kappa shape index (κ2) is 6.63. The van der Waals surface area contributed by atoms with Crippen LogP contribution in [0, 0.1) is 5.41 Å². The molecule has 0 amide bonds. The Morgan fingerprint density at radius 2 is 1.31 bits per heavy atom. The van der Waals surface area contributed by atoms with Crippen LogP contribution in [-0.4, -0.2) is 24.2 Å². The first-order chi connectivity index (χ1) is 12.2. The van der Waals surface area contributed by atoms with Crippen molar-refractivity contribution in [2.75, 3.05) is 0 Å². The molecule has 0 saturated heterocycles. The van der Waals surface area contributed by atoms with Crippen LogP contribution in [-0.2, 0) is 18.5 Å². The predicted molar refractivity (Wildman–Crippen MR) is 103 cm³/mol. The standard InChI is InChI=1S/C21H28N4O/c1-20(2,3)21(4,5)18-10-16(12-24-8-6-22-14-24)19(26)17(11-18)13-25-9-7-23-15-25/h6-11,14-15,26H,12-13H2,1-5H3. The zero-order valence-electron chi connectivity index (χ0n) is 16.3. The highest BCUT2D eigenvalue weighted by atomic mass is 16.3. The van der Waals surface area contributed by atoms with E-state index in [9.17, 15) is 5.11 Å². The van der Waals surface area contributed by atoms with Crippen LogP contribution < -0.4 is 0 Å². The number of phenols is 1. The third-order valence-electron chi connectivity index (χ3n) is 5.69. The molecular formula is C21H28N4O. The molecule has 5 nitrogen and oxygen atoms in total. The van der Waals surface area contributed by atoms with Gasteiger partial charge in [0.05, 0.1) is 25.7 Å².